The minimum atomic E-state index is -0.331. The molecule has 0 radical (unpaired) electrons. The highest BCUT2D eigenvalue weighted by atomic mass is 35.5. The lowest BCUT2D eigenvalue weighted by molar-refractivity contribution is -0.0130. The Kier molecular flexibility index (Phi) is 6.93. The topological polar surface area (TPSA) is 48.0 Å². The zero-order valence-electron chi connectivity index (χ0n) is 17.5. The summed E-state index contributed by atoms with van der Waals surface area (Å²) in [6.07, 6.45) is 2.61. The minimum absolute atomic E-state index is 0. The van der Waals surface area contributed by atoms with Crippen molar-refractivity contribution in [2.45, 2.75) is 56.8 Å². The second kappa shape index (κ2) is 8.88. The summed E-state index contributed by atoms with van der Waals surface area (Å²) in [7, 11) is 2.20. The lowest BCUT2D eigenvalue weighted by atomic mass is 9.67. The largest absolute Gasteiger partial charge is 0.487 e. The van der Waals surface area contributed by atoms with Gasteiger partial charge in [0.15, 0.2) is 0 Å². The van der Waals surface area contributed by atoms with Crippen molar-refractivity contribution in [1.82, 2.24) is 15.1 Å². The Hall–Kier alpha value is -0.850. The van der Waals surface area contributed by atoms with E-state index in [0.29, 0.717) is 0 Å². The summed E-state index contributed by atoms with van der Waals surface area (Å²) in [6.45, 7) is 11.2. The van der Waals surface area contributed by atoms with Crippen molar-refractivity contribution < 1.29 is 9.84 Å². The number of piperazine rings is 1. The molecule has 1 unspecified atom stereocenters. The lowest BCUT2D eigenvalue weighted by Crippen LogP contribution is -2.60. The number of likely N-dealkylation sites (N-methyl/N-ethyl adjacent to an activating group) is 1. The highest BCUT2D eigenvalue weighted by Crippen LogP contribution is 2.50. The molecule has 0 spiro atoms. The van der Waals surface area contributed by atoms with E-state index in [2.05, 4.69) is 54.2 Å². The summed E-state index contributed by atoms with van der Waals surface area (Å²) in [4.78, 5) is 4.94. The Labute approximate surface area is 175 Å². The number of halogens is 1. The number of hydrogen-bond donors (Lipinski definition) is 2. The van der Waals surface area contributed by atoms with Crippen LogP contribution in [-0.4, -0.2) is 79.5 Å². The van der Waals surface area contributed by atoms with Crippen LogP contribution in [0.2, 0.25) is 0 Å². The van der Waals surface area contributed by atoms with Gasteiger partial charge in [-0.1, -0.05) is 24.6 Å². The summed E-state index contributed by atoms with van der Waals surface area (Å²) >= 11 is 0. The second-order valence-corrected chi connectivity index (χ2v) is 9.04. The Morgan fingerprint density at radius 3 is 2.75 bits per heavy atom. The molecule has 2 aliphatic heterocycles. The van der Waals surface area contributed by atoms with Crippen LogP contribution >= 0.6 is 12.4 Å². The van der Waals surface area contributed by atoms with Crippen molar-refractivity contribution in [2.24, 2.45) is 0 Å². The van der Waals surface area contributed by atoms with Gasteiger partial charge in [0.05, 0.1) is 12.1 Å². The van der Waals surface area contributed by atoms with Gasteiger partial charge in [-0.15, -0.1) is 12.4 Å². The number of aliphatic hydroxyl groups excluding tert-OH is 1. The Morgan fingerprint density at radius 2 is 2.00 bits per heavy atom. The van der Waals surface area contributed by atoms with Crippen LogP contribution in [0, 0.1) is 6.92 Å². The van der Waals surface area contributed by atoms with Crippen molar-refractivity contribution >= 4 is 12.4 Å². The molecule has 2 heterocycles. The Balaban J connectivity index is 0.00000225. The van der Waals surface area contributed by atoms with E-state index in [-0.39, 0.29) is 36.1 Å². The first-order valence-electron chi connectivity index (χ1n) is 10.6. The molecule has 3 aliphatic rings. The van der Waals surface area contributed by atoms with Gasteiger partial charge in [-0.05, 0) is 52.4 Å². The monoisotopic (exact) mass is 409 g/mol. The van der Waals surface area contributed by atoms with E-state index in [1.54, 1.807) is 0 Å². The third kappa shape index (κ3) is 4.19. The highest BCUT2D eigenvalue weighted by Gasteiger charge is 2.53. The number of rotatable bonds is 5. The van der Waals surface area contributed by atoms with Gasteiger partial charge in [-0.2, -0.15) is 0 Å². The van der Waals surface area contributed by atoms with Crippen LogP contribution in [0.4, 0.5) is 0 Å². The first-order chi connectivity index (χ1) is 13.0. The number of nitrogens with zero attached hydrogens (tertiary/aromatic N) is 2. The molecule has 5 nitrogen and oxygen atoms in total. The average molecular weight is 410 g/mol. The molecule has 28 heavy (non-hydrogen) atoms. The van der Waals surface area contributed by atoms with E-state index in [0.717, 1.165) is 38.1 Å². The minimum Gasteiger partial charge on any atom is -0.487 e. The van der Waals surface area contributed by atoms with Crippen LogP contribution in [0.3, 0.4) is 0 Å². The van der Waals surface area contributed by atoms with Gasteiger partial charge in [0.1, 0.15) is 11.9 Å². The fourth-order valence-electron chi connectivity index (χ4n) is 5.07. The van der Waals surface area contributed by atoms with Gasteiger partial charge >= 0.3 is 0 Å². The molecule has 2 fully saturated rings. The Morgan fingerprint density at radius 1 is 1.25 bits per heavy atom. The Bertz CT molecular complexity index is 665. The van der Waals surface area contributed by atoms with Gasteiger partial charge in [-0.25, -0.2) is 0 Å². The summed E-state index contributed by atoms with van der Waals surface area (Å²) in [5, 5.41) is 14.3. The van der Waals surface area contributed by atoms with E-state index in [9.17, 15) is 5.11 Å². The van der Waals surface area contributed by atoms with Gasteiger partial charge < -0.3 is 25.0 Å². The number of nitrogens with one attached hydrogen (secondary N) is 1. The van der Waals surface area contributed by atoms with E-state index >= 15 is 0 Å². The molecule has 4 atom stereocenters. The molecule has 1 saturated carbocycles. The van der Waals surface area contributed by atoms with E-state index in [1.165, 1.54) is 37.3 Å². The lowest BCUT2D eigenvalue weighted by Gasteiger charge is -2.43. The van der Waals surface area contributed by atoms with Crippen molar-refractivity contribution in [1.29, 1.82) is 0 Å². The van der Waals surface area contributed by atoms with Crippen LogP contribution in [0.5, 0.6) is 5.75 Å². The number of ether oxygens (including phenoxy) is 1. The first kappa shape index (κ1) is 21.8. The molecule has 0 amide bonds. The summed E-state index contributed by atoms with van der Waals surface area (Å²) in [5.41, 5.74) is 2.60. The molecular weight excluding hydrogens is 374 g/mol. The fraction of sp³-hybridized carbons (Fsp3) is 0.727. The van der Waals surface area contributed by atoms with Crippen molar-refractivity contribution in [3.63, 3.8) is 0 Å². The van der Waals surface area contributed by atoms with Crippen LogP contribution in [-0.2, 0) is 5.41 Å². The quantitative estimate of drug-likeness (QED) is 0.730. The smallest absolute Gasteiger partial charge is 0.126 e. The normalized spacial score (nSPS) is 32.9. The fourth-order valence-corrected chi connectivity index (χ4v) is 5.07. The third-order valence-electron chi connectivity index (χ3n) is 6.96. The van der Waals surface area contributed by atoms with E-state index in [4.69, 9.17) is 4.74 Å². The molecule has 4 rings (SSSR count). The number of aryl methyl sites for hydroxylation is 1. The van der Waals surface area contributed by atoms with Gasteiger partial charge in [-0.3, -0.25) is 0 Å². The molecular formula is C22H36ClN3O2. The predicted molar refractivity (Wildman–Crippen MR) is 116 cm³/mol. The predicted octanol–water partition coefficient (Wildman–Crippen LogP) is 2.19. The third-order valence-corrected chi connectivity index (χ3v) is 6.96. The van der Waals surface area contributed by atoms with E-state index in [1.807, 2.05) is 0 Å². The number of benzene rings is 1. The maximum Gasteiger partial charge on any atom is 0.126 e. The van der Waals surface area contributed by atoms with Crippen LogP contribution < -0.4 is 10.1 Å². The van der Waals surface area contributed by atoms with E-state index < -0.39 is 0 Å². The molecule has 0 aromatic heterocycles. The SMILES string of the molecule is Cc1ccc2c(c1)[C@]1(C)CCC(O)[C@H](NCCCN3CCN(C)CC3)[C@@H]1O2.Cl. The molecule has 158 valence electrons. The maximum absolute atomic E-state index is 10.7. The van der Waals surface area contributed by atoms with Crippen molar-refractivity contribution in [3.8, 4) is 5.75 Å². The zero-order valence-corrected chi connectivity index (χ0v) is 18.3. The molecule has 2 N–H and O–H groups in total. The first-order valence-corrected chi connectivity index (χ1v) is 10.6. The second-order valence-electron chi connectivity index (χ2n) is 9.04. The molecule has 6 heteroatoms. The van der Waals surface area contributed by atoms with Crippen molar-refractivity contribution in [2.75, 3.05) is 46.3 Å². The van der Waals surface area contributed by atoms with Crippen LogP contribution in [0.1, 0.15) is 37.3 Å². The standard InChI is InChI=1S/C22H35N3O2.ClH/c1-16-5-6-19-17(15-16)22(2)8-7-18(26)20(21(22)27-19)23-9-4-10-25-13-11-24(3)12-14-25;/h5-6,15,18,20-21,23,26H,4,7-14H2,1-3H3;1H/t18?,20-,21-,22-;/m0./s1. The molecule has 1 aromatic rings. The highest BCUT2D eigenvalue weighted by molar-refractivity contribution is 5.85. The molecule has 1 aliphatic carbocycles. The summed E-state index contributed by atoms with van der Waals surface area (Å²) in [5.74, 6) is 1.01. The van der Waals surface area contributed by atoms with Gasteiger partial charge in [0.2, 0.25) is 0 Å². The number of hydrogen-bond acceptors (Lipinski definition) is 5. The summed E-state index contributed by atoms with van der Waals surface area (Å²) < 4.78 is 6.37. The molecule has 1 aromatic carbocycles. The number of fused-ring (bicyclic) bond motifs is 3. The maximum atomic E-state index is 10.7. The zero-order chi connectivity index (χ0) is 19.0. The van der Waals surface area contributed by atoms with Gasteiger partial charge in [0, 0.05) is 37.2 Å². The number of aliphatic hydroxyl groups is 1. The van der Waals surface area contributed by atoms with Crippen LogP contribution in [0.25, 0.3) is 0 Å². The molecule has 1 saturated heterocycles. The van der Waals surface area contributed by atoms with Crippen LogP contribution in [0.15, 0.2) is 18.2 Å². The average Bonchev–Trinajstić information content (AvgIpc) is 2.94. The molecule has 0 bridgehead atoms. The summed E-state index contributed by atoms with van der Waals surface area (Å²) in [6, 6.07) is 6.50. The van der Waals surface area contributed by atoms with Crippen molar-refractivity contribution in [3.05, 3.63) is 29.3 Å². The van der Waals surface area contributed by atoms with Gasteiger partial charge in [0.25, 0.3) is 0 Å².